The molecule has 0 aliphatic heterocycles. The van der Waals surface area contributed by atoms with Gasteiger partial charge in [0.05, 0.1) is 16.8 Å². The Morgan fingerprint density at radius 3 is 2.69 bits per heavy atom. The van der Waals surface area contributed by atoms with Gasteiger partial charge in [0.15, 0.2) is 0 Å². The second-order valence-corrected chi connectivity index (χ2v) is 5.47. The van der Waals surface area contributed by atoms with E-state index in [4.69, 9.17) is 16.9 Å². The van der Waals surface area contributed by atoms with Crippen LogP contribution in [0, 0.1) is 20.3 Å². The molecule has 1 aromatic rings. The third-order valence-corrected chi connectivity index (χ3v) is 3.01. The van der Waals surface area contributed by atoms with E-state index in [2.05, 4.69) is 27.9 Å². The molecule has 0 atom stereocenters. The number of carbonyl (C=O) groups is 1. The Bertz CT molecular complexity index is 466. The fraction of sp³-hybridized carbons (Fsp3) is 0.273. The van der Waals surface area contributed by atoms with E-state index >= 15 is 0 Å². The first kappa shape index (κ1) is 13.3. The van der Waals surface area contributed by atoms with Gasteiger partial charge in [-0.3, -0.25) is 4.79 Å². The summed E-state index contributed by atoms with van der Waals surface area (Å²) in [5, 5.41) is 11.9. The molecule has 0 fully saturated rings. The summed E-state index contributed by atoms with van der Waals surface area (Å²) in [5.74, 6) is -0.363. The Labute approximate surface area is 113 Å². The maximum Gasteiger partial charge on any atom is 0.244 e. The van der Waals surface area contributed by atoms with Crippen LogP contribution in [0.15, 0.2) is 18.2 Å². The molecule has 84 valence electrons. The zero-order chi connectivity index (χ0) is 12.3. The summed E-state index contributed by atoms with van der Waals surface area (Å²) in [6.45, 7) is 3.12. The van der Waals surface area contributed by atoms with Crippen molar-refractivity contribution in [3.8, 4) is 6.07 Å². The van der Waals surface area contributed by atoms with Gasteiger partial charge in [-0.15, -0.1) is 0 Å². The SMILES string of the molecule is CC(C)(C#N)C(=O)Nc1ccc(I)cc1Cl. The third kappa shape index (κ3) is 3.09. The number of hydrogen-bond donors (Lipinski definition) is 1. The molecule has 0 aliphatic rings. The number of anilines is 1. The van der Waals surface area contributed by atoms with E-state index in [0.29, 0.717) is 10.7 Å². The minimum Gasteiger partial charge on any atom is -0.323 e. The van der Waals surface area contributed by atoms with Gasteiger partial charge in [-0.1, -0.05) is 11.6 Å². The topological polar surface area (TPSA) is 52.9 Å². The van der Waals surface area contributed by atoms with E-state index in [-0.39, 0.29) is 5.91 Å². The number of rotatable bonds is 2. The molecule has 1 N–H and O–H groups in total. The van der Waals surface area contributed by atoms with Crippen LogP contribution in [0.25, 0.3) is 0 Å². The molecule has 0 aliphatic carbocycles. The van der Waals surface area contributed by atoms with Crippen LogP contribution in [0.4, 0.5) is 5.69 Å². The standard InChI is InChI=1S/C11H10ClIN2O/c1-11(2,6-14)10(16)15-9-4-3-7(13)5-8(9)12/h3-5H,1-2H3,(H,15,16). The number of nitriles is 1. The van der Waals surface area contributed by atoms with E-state index in [9.17, 15) is 4.79 Å². The van der Waals surface area contributed by atoms with Gasteiger partial charge >= 0.3 is 0 Å². The molecule has 0 radical (unpaired) electrons. The zero-order valence-corrected chi connectivity index (χ0v) is 11.8. The van der Waals surface area contributed by atoms with Crippen LogP contribution in [0.3, 0.4) is 0 Å². The summed E-state index contributed by atoms with van der Waals surface area (Å²) >= 11 is 8.09. The number of nitrogens with zero attached hydrogens (tertiary/aromatic N) is 1. The number of benzene rings is 1. The monoisotopic (exact) mass is 348 g/mol. The molecule has 16 heavy (non-hydrogen) atoms. The van der Waals surface area contributed by atoms with Gasteiger partial charge in [0.1, 0.15) is 5.41 Å². The van der Waals surface area contributed by atoms with E-state index < -0.39 is 5.41 Å². The Morgan fingerprint density at radius 2 is 2.19 bits per heavy atom. The number of carbonyl (C=O) groups excluding carboxylic acids is 1. The van der Waals surface area contributed by atoms with E-state index in [1.165, 1.54) is 0 Å². The highest BCUT2D eigenvalue weighted by molar-refractivity contribution is 14.1. The van der Waals surface area contributed by atoms with Crippen LogP contribution in [0.1, 0.15) is 13.8 Å². The lowest BCUT2D eigenvalue weighted by Crippen LogP contribution is -2.29. The number of halogens is 2. The van der Waals surface area contributed by atoms with Crippen LogP contribution in [0.2, 0.25) is 5.02 Å². The maximum absolute atomic E-state index is 11.7. The van der Waals surface area contributed by atoms with Crippen molar-refractivity contribution in [2.45, 2.75) is 13.8 Å². The first-order valence-corrected chi connectivity index (χ1v) is 6.00. The highest BCUT2D eigenvalue weighted by atomic mass is 127. The van der Waals surface area contributed by atoms with Crippen LogP contribution in [-0.4, -0.2) is 5.91 Å². The van der Waals surface area contributed by atoms with Crippen molar-refractivity contribution in [3.63, 3.8) is 0 Å². The maximum atomic E-state index is 11.7. The predicted molar refractivity (Wildman–Crippen MR) is 72.2 cm³/mol. The van der Waals surface area contributed by atoms with Crippen molar-refractivity contribution in [3.05, 3.63) is 26.8 Å². The fourth-order valence-corrected chi connectivity index (χ4v) is 1.82. The zero-order valence-electron chi connectivity index (χ0n) is 8.84. The molecule has 0 saturated heterocycles. The molecule has 0 saturated carbocycles. The molecule has 0 heterocycles. The van der Waals surface area contributed by atoms with Crippen LogP contribution in [-0.2, 0) is 4.79 Å². The van der Waals surface area contributed by atoms with Gasteiger partial charge in [-0.2, -0.15) is 5.26 Å². The lowest BCUT2D eigenvalue weighted by molar-refractivity contribution is -0.121. The predicted octanol–water partition coefficient (Wildman–Crippen LogP) is 3.43. The molecule has 0 unspecified atom stereocenters. The number of amides is 1. The molecule has 1 aromatic carbocycles. The number of hydrogen-bond acceptors (Lipinski definition) is 2. The minimum absolute atomic E-state index is 0.363. The summed E-state index contributed by atoms with van der Waals surface area (Å²) in [6, 6.07) is 7.24. The van der Waals surface area contributed by atoms with Crippen molar-refractivity contribution in [1.29, 1.82) is 5.26 Å². The quantitative estimate of drug-likeness (QED) is 0.833. The second-order valence-electron chi connectivity index (χ2n) is 3.82. The molecule has 1 amide bonds. The molecular weight excluding hydrogens is 338 g/mol. The number of nitrogens with one attached hydrogen (secondary N) is 1. The van der Waals surface area contributed by atoms with Gasteiger partial charge in [0.25, 0.3) is 0 Å². The second kappa shape index (κ2) is 5.02. The van der Waals surface area contributed by atoms with Crippen LogP contribution in [0.5, 0.6) is 0 Å². The summed E-state index contributed by atoms with van der Waals surface area (Å²) in [4.78, 5) is 11.7. The smallest absolute Gasteiger partial charge is 0.244 e. The highest BCUT2D eigenvalue weighted by Crippen LogP contribution is 2.25. The van der Waals surface area contributed by atoms with Crippen molar-refractivity contribution in [2.75, 3.05) is 5.32 Å². The minimum atomic E-state index is -1.06. The average Bonchev–Trinajstić information content (AvgIpc) is 2.22. The highest BCUT2D eigenvalue weighted by Gasteiger charge is 2.27. The molecule has 5 heteroatoms. The summed E-state index contributed by atoms with van der Waals surface area (Å²) in [5.41, 5.74) is -0.540. The van der Waals surface area contributed by atoms with Crippen molar-refractivity contribution in [2.24, 2.45) is 5.41 Å². The van der Waals surface area contributed by atoms with E-state index in [1.807, 2.05) is 12.1 Å². The Morgan fingerprint density at radius 1 is 1.56 bits per heavy atom. The molecule has 0 spiro atoms. The Hall–Kier alpha value is -0.800. The summed E-state index contributed by atoms with van der Waals surface area (Å²) < 4.78 is 0.986. The van der Waals surface area contributed by atoms with Gasteiger partial charge in [0.2, 0.25) is 5.91 Å². The molecule has 0 aromatic heterocycles. The molecule has 1 rings (SSSR count). The first-order valence-electron chi connectivity index (χ1n) is 4.54. The average molecular weight is 349 g/mol. The molecule has 3 nitrogen and oxygen atoms in total. The van der Waals surface area contributed by atoms with Crippen molar-refractivity contribution in [1.82, 2.24) is 0 Å². The van der Waals surface area contributed by atoms with Gasteiger partial charge < -0.3 is 5.32 Å². The third-order valence-electron chi connectivity index (χ3n) is 2.03. The Balaban J connectivity index is 2.91. The van der Waals surface area contributed by atoms with Gasteiger partial charge in [-0.25, -0.2) is 0 Å². The van der Waals surface area contributed by atoms with Gasteiger partial charge in [-0.05, 0) is 54.6 Å². The lowest BCUT2D eigenvalue weighted by atomic mass is 9.94. The first-order chi connectivity index (χ1) is 7.36. The molecular formula is C11H10ClIN2O. The van der Waals surface area contributed by atoms with Crippen molar-refractivity contribution >= 4 is 45.8 Å². The largest absolute Gasteiger partial charge is 0.323 e. The summed E-state index contributed by atoms with van der Waals surface area (Å²) in [6.07, 6.45) is 0. The van der Waals surface area contributed by atoms with E-state index in [0.717, 1.165) is 3.57 Å². The van der Waals surface area contributed by atoms with Crippen LogP contribution < -0.4 is 5.32 Å². The Kier molecular flexibility index (Phi) is 4.16. The molecule has 0 bridgehead atoms. The van der Waals surface area contributed by atoms with Gasteiger partial charge in [0, 0.05) is 3.57 Å². The van der Waals surface area contributed by atoms with Crippen molar-refractivity contribution < 1.29 is 4.79 Å². The lowest BCUT2D eigenvalue weighted by Gasteiger charge is -2.15. The normalized spacial score (nSPS) is 10.7. The summed E-state index contributed by atoms with van der Waals surface area (Å²) in [7, 11) is 0. The van der Waals surface area contributed by atoms with E-state index in [1.54, 1.807) is 26.0 Å². The fourth-order valence-electron chi connectivity index (χ4n) is 0.920. The van der Waals surface area contributed by atoms with Crippen LogP contribution >= 0.6 is 34.2 Å².